The molecule has 10 heteroatoms. The second-order valence-corrected chi connectivity index (χ2v) is 10.9. The number of nitrogens with one attached hydrogen (secondary N) is 1. The van der Waals surface area contributed by atoms with Gasteiger partial charge in [-0.2, -0.15) is 0 Å². The fourth-order valence-corrected chi connectivity index (χ4v) is 5.99. The second kappa shape index (κ2) is 14.7. The Morgan fingerprint density at radius 2 is 1.62 bits per heavy atom. The van der Waals surface area contributed by atoms with Crippen molar-refractivity contribution < 1.29 is 29.0 Å². The lowest BCUT2D eigenvalue weighted by atomic mass is 10.0. The number of carboxylic acid groups (broad SMARTS) is 1. The van der Waals surface area contributed by atoms with Gasteiger partial charge in [0.05, 0.1) is 18.3 Å². The van der Waals surface area contributed by atoms with Crippen molar-refractivity contribution in [3.05, 3.63) is 96.1 Å². The highest BCUT2D eigenvalue weighted by atomic mass is 32.2. The summed E-state index contributed by atoms with van der Waals surface area (Å²) in [5.74, 6) is -2.59. The van der Waals surface area contributed by atoms with Crippen molar-refractivity contribution in [1.82, 2.24) is 10.3 Å². The molecule has 0 aliphatic carbocycles. The molecule has 9 nitrogen and oxygen atoms in total. The molecule has 1 heterocycles. The molecular formula is C32H35N3O6S. The van der Waals surface area contributed by atoms with E-state index in [4.69, 9.17) is 4.74 Å². The molecule has 220 valence electrons. The van der Waals surface area contributed by atoms with Gasteiger partial charge in [-0.15, -0.1) is 11.8 Å². The largest absolute Gasteiger partial charge is 0.480 e. The van der Waals surface area contributed by atoms with Crippen molar-refractivity contribution in [2.75, 3.05) is 17.4 Å². The number of aliphatic carboxylic acids is 1. The summed E-state index contributed by atoms with van der Waals surface area (Å²) >= 11 is 1.40. The van der Waals surface area contributed by atoms with Crippen LogP contribution in [0.5, 0.6) is 0 Å². The molecule has 0 bridgehead atoms. The third kappa shape index (κ3) is 7.57. The lowest BCUT2D eigenvalue weighted by Gasteiger charge is -2.39. The van der Waals surface area contributed by atoms with Crippen molar-refractivity contribution in [3.63, 3.8) is 0 Å². The molecule has 0 saturated heterocycles. The van der Waals surface area contributed by atoms with Gasteiger partial charge in [-0.3, -0.25) is 19.7 Å². The van der Waals surface area contributed by atoms with Crippen molar-refractivity contribution in [3.8, 4) is 0 Å². The number of hydrazine groups is 1. The number of amides is 2. The van der Waals surface area contributed by atoms with E-state index in [-0.39, 0.29) is 18.8 Å². The monoisotopic (exact) mass is 589 g/mol. The van der Waals surface area contributed by atoms with Crippen LogP contribution in [0.1, 0.15) is 31.4 Å². The maximum atomic E-state index is 14.3. The van der Waals surface area contributed by atoms with E-state index in [1.165, 1.54) is 23.7 Å². The van der Waals surface area contributed by atoms with E-state index in [9.17, 15) is 24.3 Å². The summed E-state index contributed by atoms with van der Waals surface area (Å²) in [6.45, 7) is 3.16. The number of fused-ring (bicyclic) bond motifs is 1. The van der Waals surface area contributed by atoms with Crippen LogP contribution in [0.25, 0.3) is 0 Å². The molecule has 42 heavy (non-hydrogen) atoms. The Morgan fingerprint density at radius 1 is 1.00 bits per heavy atom. The van der Waals surface area contributed by atoms with E-state index in [0.717, 1.165) is 10.6 Å². The number of hydrogen-bond acceptors (Lipinski definition) is 7. The van der Waals surface area contributed by atoms with Crippen molar-refractivity contribution in [2.24, 2.45) is 0 Å². The van der Waals surface area contributed by atoms with E-state index in [2.05, 4.69) is 5.32 Å². The SMILES string of the molecule is CCOC(=O)C(CCc1ccccc1)N[C@H]1CSc2ccccc2N(N(C(C)=O)[C@@H](Cc2ccccc2)C(=O)O)C1=O. The first-order chi connectivity index (χ1) is 20.3. The molecule has 0 saturated carbocycles. The fourth-order valence-electron chi connectivity index (χ4n) is 4.93. The molecule has 1 aliphatic heterocycles. The maximum Gasteiger partial charge on any atom is 0.328 e. The number of ether oxygens (including phenoxy) is 1. The third-order valence-electron chi connectivity index (χ3n) is 6.93. The zero-order valence-electron chi connectivity index (χ0n) is 23.6. The zero-order chi connectivity index (χ0) is 30.1. The minimum Gasteiger partial charge on any atom is -0.480 e. The number of para-hydroxylation sites is 1. The van der Waals surface area contributed by atoms with Gasteiger partial charge in [0.2, 0.25) is 5.91 Å². The van der Waals surface area contributed by atoms with Crippen LogP contribution >= 0.6 is 11.8 Å². The molecule has 0 fully saturated rings. The molecule has 0 aromatic heterocycles. The van der Waals surface area contributed by atoms with E-state index in [0.29, 0.717) is 29.0 Å². The number of nitrogens with zero attached hydrogens (tertiary/aromatic N) is 2. The van der Waals surface area contributed by atoms with Gasteiger partial charge in [0.15, 0.2) is 6.04 Å². The van der Waals surface area contributed by atoms with Gasteiger partial charge in [-0.25, -0.2) is 14.8 Å². The number of carbonyl (C=O) groups excluding carboxylic acids is 3. The van der Waals surface area contributed by atoms with Crippen LogP contribution in [0.15, 0.2) is 89.8 Å². The Morgan fingerprint density at radius 3 is 2.24 bits per heavy atom. The van der Waals surface area contributed by atoms with Crippen LogP contribution in [0.4, 0.5) is 5.69 Å². The van der Waals surface area contributed by atoms with Crippen LogP contribution < -0.4 is 10.3 Å². The highest BCUT2D eigenvalue weighted by Crippen LogP contribution is 2.36. The summed E-state index contributed by atoms with van der Waals surface area (Å²) in [5, 5.41) is 15.7. The summed E-state index contributed by atoms with van der Waals surface area (Å²) in [7, 11) is 0. The van der Waals surface area contributed by atoms with Gasteiger partial charge in [0, 0.05) is 24.0 Å². The lowest BCUT2D eigenvalue weighted by molar-refractivity contribution is -0.151. The number of anilines is 1. The second-order valence-electron chi connectivity index (χ2n) is 9.88. The average Bonchev–Trinajstić information content (AvgIpc) is 3.12. The summed E-state index contributed by atoms with van der Waals surface area (Å²) in [6, 6.07) is 22.7. The molecule has 1 unspecified atom stereocenters. The van der Waals surface area contributed by atoms with Crippen LogP contribution in [-0.2, 0) is 36.8 Å². The fraction of sp³-hybridized carbons (Fsp3) is 0.312. The van der Waals surface area contributed by atoms with E-state index >= 15 is 0 Å². The topological polar surface area (TPSA) is 116 Å². The number of thioether (sulfide) groups is 1. The van der Waals surface area contributed by atoms with E-state index < -0.39 is 41.9 Å². The summed E-state index contributed by atoms with van der Waals surface area (Å²) in [6.07, 6.45) is 0.953. The molecule has 3 aromatic carbocycles. The van der Waals surface area contributed by atoms with Gasteiger partial charge >= 0.3 is 11.9 Å². The molecule has 2 amide bonds. The van der Waals surface area contributed by atoms with Crippen LogP contribution in [0.3, 0.4) is 0 Å². The summed E-state index contributed by atoms with van der Waals surface area (Å²) in [5.41, 5.74) is 2.15. The Hall–Kier alpha value is -4.15. The molecule has 0 spiro atoms. The Labute approximate surface area is 249 Å². The van der Waals surface area contributed by atoms with Crippen molar-refractivity contribution in [2.45, 2.75) is 56.1 Å². The number of carboxylic acids is 1. The first-order valence-corrected chi connectivity index (χ1v) is 14.9. The van der Waals surface area contributed by atoms with Gasteiger partial charge in [0.1, 0.15) is 6.04 Å². The van der Waals surface area contributed by atoms with Gasteiger partial charge in [-0.05, 0) is 43.0 Å². The predicted octanol–water partition coefficient (Wildman–Crippen LogP) is 4.11. The minimum absolute atomic E-state index is 0.00450. The molecular weight excluding hydrogens is 554 g/mol. The number of aryl methyl sites for hydroxylation is 1. The lowest BCUT2D eigenvalue weighted by Crippen LogP contribution is -2.62. The minimum atomic E-state index is -1.36. The number of rotatable bonds is 12. The van der Waals surface area contributed by atoms with Gasteiger partial charge < -0.3 is 9.84 Å². The summed E-state index contributed by atoms with van der Waals surface area (Å²) < 4.78 is 5.34. The van der Waals surface area contributed by atoms with E-state index in [1.807, 2.05) is 48.5 Å². The van der Waals surface area contributed by atoms with Crippen LogP contribution in [-0.4, -0.2) is 64.4 Å². The number of carbonyl (C=O) groups is 4. The van der Waals surface area contributed by atoms with Gasteiger partial charge in [0.25, 0.3) is 5.91 Å². The smallest absolute Gasteiger partial charge is 0.328 e. The molecule has 3 aromatic rings. The first kappa shape index (κ1) is 30.8. The number of esters is 1. The number of benzene rings is 3. The standard InChI is InChI=1S/C32H35N3O6S/c1-3-41-32(40)25(19-18-23-12-6-4-7-13-23)33-26-21-42-29-17-11-10-16-27(29)35(30(26)37)34(22(2)36)28(31(38)39)20-24-14-8-5-9-15-24/h4-17,25-26,28,33H,3,18-21H2,1-2H3,(H,38,39)/t25?,26-,28-/m0/s1. The van der Waals surface area contributed by atoms with Crippen LogP contribution in [0, 0.1) is 0 Å². The van der Waals surface area contributed by atoms with Gasteiger partial charge in [-0.1, -0.05) is 72.8 Å². The molecule has 3 atom stereocenters. The maximum absolute atomic E-state index is 14.3. The highest BCUT2D eigenvalue weighted by Gasteiger charge is 2.42. The highest BCUT2D eigenvalue weighted by molar-refractivity contribution is 7.99. The predicted molar refractivity (Wildman–Crippen MR) is 161 cm³/mol. The third-order valence-corrected chi connectivity index (χ3v) is 8.09. The zero-order valence-corrected chi connectivity index (χ0v) is 24.5. The normalized spacial score (nSPS) is 16.1. The quantitative estimate of drug-likeness (QED) is 0.304. The molecule has 0 radical (unpaired) electrons. The van der Waals surface area contributed by atoms with Crippen molar-refractivity contribution in [1.29, 1.82) is 0 Å². The Bertz CT molecular complexity index is 1390. The van der Waals surface area contributed by atoms with E-state index in [1.54, 1.807) is 43.3 Å². The summed E-state index contributed by atoms with van der Waals surface area (Å²) in [4.78, 5) is 53.9. The molecule has 2 N–H and O–H groups in total. The van der Waals surface area contributed by atoms with Crippen molar-refractivity contribution >= 4 is 41.2 Å². The molecule has 1 aliphatic rings. The molecule has 4 rings (SSSR count). The Balaban J connectivity index is 1.69. The first-order valence-electron chi connectivity index (χ1n) is 13.9. The van der Waals surface area contributed by atoms with Crippen LogP contribution in [0.2, 0.25) is 0 Å². The number of hydrogen-bond donors (Lipinski definition) is 2. The Kier molecular flexibility index (Phi) is 10.7. The average molecular weight is 590 g/mol.